The fourth-order valence-corrected chi connectivity index (χ4v) is 3.11. The Morgan fingerprint density at radius 2 is 2.37 bits per heavy atom. The highest BCUT2D eigenvalue weighted by Crippen LogP contribution is 2.24. The van der Waals surface area contributed by atoms with Gasteiger partial charge in [0.05, 0.1) is 6.61 Å². The van der Waals surface area contributed by atoms with Crippen LogP contribution in [0.5, 0.6) is 0 Å². The molecule has 2 saturated heterocycles. The van der Waals surface area contributed by atoms with E-state index in [1.807, 2.05) is 18.2 Å². The molecule has 2 heterocycles. The first kappa shape index (κ1) is 12.8. The molecule has 0 aromatic heterocycles. The first-order valence-corrected chi connectivity index (χ1v) is 7.26. The normalized spacial score (nSPS) is 27.2. The monoisotopic (exact) mass is 259 g/mol. The smallest absolute Gasteiger partial charge is 0.192 e. The van der Waals surface area contributed by atoms with Crippen molar-refractivity contribution in [3.05, 3.63) is 35.4 Å². The molecule has 3 nitrogen and oxygen atoms in total. The fourth-order valence-electron chi connectivity index (χ4n) is 3.11. The molecule has 0 radical (unpaired) electrons. The Bertz CT molecular complexity index is 472. The molecule has 3 rings (SSSR count). The molecular weight excluding hydrogens is 238 g/mol. The van der Waals surface area contributed by atoms with Crippen LogP contribution in [-0.2, 0) is 11.2 Å². The van der Waals surface area contributed by atoms with Gasteiger partial charge >= 0.3 is 0 Å². The van der Waals surface area contributed by atoms with E-state index in [0.29, 0.717) is 12.6 Å². The molecule has 2 unspecified atom stereocenters. The summed E-state index contributed by atoms with van der Waals surface area (Å²) in [6, 6.07) is 8.48. The summed E-state index contributed by atoms with van der Waals surface area (Å²) < 4.78 is 5.79. The van der Waals surface area contributed by atoms with Crippen LogP contribution in [0.1, 0.15) is 35.7 Å². The fraction of sp³-hybridized carbons (Fsp3) is 0.562. The zero-order valence-electron chi connectivity index (χ0n) is 11.5. The van der Waals surface area contributed by atoms with Gasteiger partial charge in [0, 0.05) is 18.2 Å². The molecular formula is C16H21NO2. The number of hydrogen-bond acceptors (Lipinski definition) is 3. The standard InChI is InChI=1S/C16H21NO2/c1-2-12-5-3-6-13(9-12)16(18)15-10-17-8-4-7-14(17)11-19-15/h3,5-6,9,14-15H,2,4,7-8,10-11H2,1H3. The number of aryl methyl sites for hydroxylation is 1. The minimum atomic E-state index is -0.276. The summed E-state index contributed by atoms with van der Waals surface area (Å²) in [5.74, 6) is 0.139. The third-order valence-electron chi connectivity index (χ3n) is 4.30. The molecule has 1 aromatic carbocycles. The van der Waals surface area contributed by atoms with Gasteiger partial charge in [-0.15, -0.1) is 0 Å². The molecule has 19 heavy (non-hydrogen) atoms. The topological polar surface area (TPSA) is 29.5 Å². The molecule has 0 spiro atoms. The van der Waals surface area contributed by atoms with E-state index < -0.39 is 0 Å². The Morgan fingerprint density at radius 1 is 1.47 bits per heavy atom. The number of carbonyl (C=O) groups excluding carboxylic acids is 1. The number of rotatable bonds is 3. The molecule has 0 amide bonds. The van der Waals surface area contributed by atoms with Gasteiger partial charge < -0.3 is 4.74 Å². The van der Waals surface area contributed by atoms with Crippen molar-refractivity contribution < 1.29 is 9.53 Å². The summed E-state index contributed by atoms with van der Waals surface area (Å²) in [5, 5.41) is 0. The van der Waals surface area contributed by atoms with Crippen molar-refractivity contribution in [3.63, 3.8) is 0 Å². The Morgan fingerprint density at radius 3 is 3.21 bits per heavy atom. The van der Waals surface area contributed by atoms with Crippen LogP contribution in [0.15, 0.2) is 24.3 Å². The van der Waals surface area contributed by atoms with Crippen molar-refractivity contribution >= 4 is 5.78 Å². The zero-order valence-corrected chi connectivity index (χ0v) is 11.5. The molecule has 2 aliphatic rings. The first-order valence-electron chi connectivity index (χ1n) is 7.26. The van der Waals surface area contributed by atoms with E-state index >= 15 is 0 Å². The Hall–Kier alpha value is -1.19. The number of hydrogen-bond donors (Lipinski definition) is 0. The van der Waals surface area contributed by atoms with Gasteiger partial charge in [-0.25, -0.2) is 0 Å². The van der Waals surface area contributed by atoms with Crippen LogP contribution in [-0.4, -0.2) is 42.5 Å². The van der Waals surface area contributed by atoms with Crippen molar-refractivity contribution in [1.82, 2.24) is 4.90 Å². The SMILES string of the molecule is CCc1cccc(C(=O)C2CN3CCCC3CO2)c1. The van der Waals surface area contributed by atoms with Gasteiger partial charge in [0.2, 0.25) is 0 Å². The van der Waals surface area contributed by atoms with Crippen LogP contribution in [0.3, 0.4) is 0 Å². The van der Waals surface area contributed by atoms with Gasteiger partial charge in [-0.3, -0.25) is 9.69 Å². The van der Waals surface area contributed by atoms with E-state index in [-0.39, 0.29) is 11.9 Å². The summed E-state index contributed by atoms with van der Waals surface area (Å²) in [4.78, 5) is 14.9. The van der Waals surface area contributed by atoms with Gasteiger partial charge in [0.1, 0.15) is 6.10 Å². The van der Waals surface area contributed by atoms with Crippen molar-refractivity contribution in [2.45, 2.75) is 38.3 Å². The van der Waals surface area contributed by atoms with E-state index in [2.05, 4.69) is 17.9 Å². The number of benzene rings is 1. The summed E-state index contributed by atoms with van der Waals surface area (Å²) in [7, 11) is 0. The quantitative estimate of drug-likeness (QED) is 0.780. The Labute approximate surface area is 114 Å². The maximum atomic E-state index is 12.5. The minimum Gasteiger partial charge on any atom is -0.367 e. The summed E-state index contributed by atoms with van der Waals surface area (Å²) in [5.41, 5.74) is 2.00. The second-order valence-corrected chi connectivity index (χ2v) is 5.53. The van der Waals surface area contributed by atoms with Crippen molar-refractivity contribution in [3.8, 4) is 0 Å². The summed E-state index contributed by atoms with van der Waals surface area (Å²) in [6.45, 7) is 4.70. The van der Waals surface area contributed by atoms with Crippen LogP contribution >= 0.6 is 0 Å². The molecule has 0 aliphatic carbocycles. The molecule has 0 N–H and O–H groups in total. The number of fused-ring (bicyclic) bond motifs is 1. The Kier molecular flexibility index (Phi) is 3.67. The van der Waals surface area contributed by atoms with E-state index in [0.717, 1.165) is 25.1 Å². The van der Waals surface area contributed by atoms with Crippen LogP contribution in [0.2, 0.25) is 0 Å². The van der Waals surface area contributed by atoms with Crippen LogP contribution in [0.25, 0.3) is 0 Å². The second kappa shape index (κ2) is 5.43. The number of Topliss-reactive ketones (excluding diaryl/α,β-unsaturated/α-hetero) is 1. The molecule has 0 bridgehead atoms. The maximum Gasteiger partial charge on any atom is 0.192 e. The maximum absolute atomic E-state index is 12.5. The number of morpholine rings is 1. The number of ketones is 1. The highest BCUT2D eigenvalue weighted by atomic mass is 16.5. The van der Waals surface area contributed by atoms with Crippen molar-refractivity contribution in [2.24, 2.45) is 0 Å². The van der Waals surface area contributed by atoms with Gasteiger partial charge in [0.25, 0.3) is 0 Å². The summed E-state index contributed by atoms with van der Waals surface area (Å²) >= 11 is 0. The third kappa shape index (κ3) is 2.58. The third-order valence-corrected chi connectivity index (χ3v) is 4.30. The lowest BCUT2D eigenvalue weighted by molar-refractivity contribution is -0.0344. The lowest BCUT2D eigenvalue weighted by atomic mass is 10.0. The highest BCUT2D eigenvalue weighted by molar-refractivity contribution is 5.99. The molecule has 0 saturated carbocycles. The van der Waals surface area contributed by atoms with E-state index in [4.69, 9.17) is 4.74 Å². The van der Waals surface area contributed by atoms with Gasteiger partial charge in [-0.05, 0) is 37.4 Å². The average Bonchev–Trinajstić information content (AvgIpc) is 2.94. The van der Waals surface area contributed by atoms with Crippen molar-refractivity contribution in [1.29, 1.82) is 0 Å². The number of carbonyl (C=O) groups is 1. The molecule has 2 fully saturated rings. The molecule has 1 aromatic rings. The minimum absolute atomic E-state index is 0.139. The predicted octanol–water partition coefficient (Wildman–Crippen LogP) is 2.29. The summed E-state index contributed by atoms with van der Waals surface area (Å²) in [6.07, 6.45) is 3.13. The zero-order chi connectivity index (χ0) is 13.2. The van der Waals surface area contributed by atoms with E-state index in [1.54, 1.807) is 0 Å². The average molecular weight is 259 g/mol. The lowest BCUT2D eigenvalue weighted by Crippen LogP contribution is -2.49. The molecule has 3 heteroatoms. The molecule has 2 aliphatic heterocycles. The van der Waals surface area contributed by atoms with E-state index in [9.17, 15) is 4.79 Å². The van der Waals surface area contributed by atoms with E-state index in [1.165, 1.54) is 18.4 Å². The van der Waals surface area contributed by atoms with Crippen LogP contribution in [0, 0.1) is 0 Å². The van der Waals surface area contributed by atoms with Crippen LogP contribution < -0.4 is 0 Å². The highest BCUT2D eigenvalue weighted by Gasteiger charge is 2.35. The number of ether oxygens (including phenoxy) is 1. The van der Waals surface area contributed by atoms with Gasteiger partial charge in [-0.1, -0.05) is 25.1 Å². The second-order valence-electron chi connectivity index (χ2n) is 5.53. The van der Waals surface area contributed by atoms with Gasteiger partial charge in [-0.2, -0.15) is 0 Å². The Balaban J connectivity index is 1.72. The van der Waals surface area contributed by atoms with Crippen molar-refractivity contribution in [2.75, 3.05) is 19.7 Å². The molecule has 102 valence electrons. The lowest BCUT2D eigenvalue weighted by Gasteiger charge is -2.34. The first-order chi connectivity index (χ1) is 9.28. The van der Waals surface area contributed by atoms with Gasteiger partial charge in [0.15, 0.2) is 5.78 Å². The largest absolute Gasteiger partial charge is 0.367 e. The number of nitrogens with zero attached hydrogens (tertiary/aromatic N) is 1. The molecule has 2 atom stereocenters. The van der Waals surface area contributed by atoms with Crippen LogP contribution in [0.4, 0.5) is 0 Å². The predicted molar refractivity (Wildman–Crippen MR) is 74.5 cm³/mol.